The molecule has 4 nitrogen and oxygen atoms in total. The molecule has 1 saturated carbocycles. The van der Waals surface area contributed by atoms with Gasteiger partial charge in [-0.15, -0.1) is 0 Å². The SMILES string of the molecule is Cc1ccc(CN2CCC3(CC2)CN(C2CCC2)CC3CO)o1. The van der Waals surface area contributed by atoms with Gasteiger partial charge in [-0.1, -0.05) is 6.42 Å². The van der Waals surface area contributed by atoms with Crippen LogP contribution in [0.1, 0.15) is 43.6 Å². The standard InChI is InChI=1S/C19H30N2O2/c1-15-5-6-18(23-15)12-20-9-7-19(8-10-20)14-21(11-16(19)13-22)17-3-2-4-17/h5-6,16-17,22H,2-4,7-14H2,1H3. The van der Waals surface area contributed by atoms with Gasteiger partial charge in [0.25, 0.3) is 0 Å². The normalized spacial score (nSPS) is 29.2. The maximum Gasteiger partial charge on any atom is 0.118 e. The van der Waals surface area contributed by atoms with Crippen molar-refractivity contribution in [3.63, 3.8) is 0 Å². The van der Waals surface area contributed by atoms with Gasteiger partial charge in [0.1, 0.15) is 11.5 Å². The molecule has 4 rings (SSSR count). The highest BCUT2D eigenvalue weighted by Gasteiger charge is 2.49. The fourth-order valence-corrected chi connectivity index (χ4v) is 4.87. The number of piperidine rings is 1. The first kappa shape index (κ1) is 15.7. The summed E-state index contributed by atoms with van der Waals surface area (Å²) in [5.74, 6) is 2.57. The average Bonchev–Trinajstić information content (AvgIpc) is 3.04. The molecule has 1 aliphatic carbocycles. The van der Waals surface area contributed by atoms with Crippen LogP contribution >= 0.6 is 0 Å². The topological polar surface area (TPSA) is 39.9 Å². The molecule has 3 heterocycles. The minimum atomic E-state index is 0.361. The second kappa shape index (κ2) is 6.23. The second-order valence-corrected chi connectivity index (χ2v) is 8.04. The zero-order chi connectivity index (χ0) is 15.9. The summed E-state index contributed by atoms with van der Waals surface area (Å²) in [5.41, 5.74) is 0.361. The monoisotopic (exact) mass is 318 g/mol. The number of aliphatic hydroxyl groups excluding tert-OH is 1. The van der Waals surface area contributed by atoms with Crippen molar-refractivity contribution in [2.24, 2.45) is 11.3 Å². The van der Waals surface area contributed by atoms with Gasteiger partial charge in [0.05, 0.1) is 6.54 Å². The first-order chi connectivity index (χ1) is 11.2. The average molecular weight is 318 g/mol. The Morgan fingerprint density at radius 3 is 2.61 bits per heavy atom. The van der Waals surface area contributed by atoms with Gasteiger partial charge in [-0.05, 0) is 63.2 Å². The molecular weight excluding hydrogens is 288 g/mol. The Morgan fingerprint density at radius 1 is 1.26 bits per heavy atom. The number of rotatable bonds is 4. The molecule has 1 unspecified atom stereocenters. The van der Waals surface area contributed by atoms with E-state index in [9.17, 15) is 5.11 Å². The molecule has 1 N–H and O–H groups in total. The van der Waals surface area contributed by atoms with E-state index in [1.807, 2.05) is 6.92 Å². The van der Waals surface area contributed by atoms with E-state index in [4.69, 9.17) is 4.42 Å². The number of aryl methyl sites for hydroxylation is 1. The highest BCUT2D eigenvalue weighted by atomic mass is 16.3. The Labute approximate surface area is 139 Å². The van der Waals surface area contributed by atoms with Crippen molar-refractivity contribution in [2.75, 3.05) is 32.8 Å². The van der Waals surface area contributed by atoms with E-state index < -0.39 is 0 Å². The number of nitrogens with zero attached hydrogens (tertiary/aromatic N) is 2. The van der Waals surface area contributed by atoms with E-state index in [1.54, 1.807) is 0 Å². The van der Waals surface area contributed by atoms with Crippen molar-refractivity contribution >= 4 is 0 Å². The predicted octanol–water partition coefficient (Wildman–Crippen LogP) is 2.65. The van der Waals surface area contributed by atoms with E-state index in [1.165, 1.54) is 38.6 Å². The van der Waals surface area contributed by atoms with Crippen LogP contribution in [0, 0.1) is 18.3 Å². The van der Waals surface area contributed by atoms with E-state index in [2.05, 4.69) is 21.9 Å². The molecule has 1 aromatic rings. The van der Waals surface area contributed by atoms with Gasteiger partial charge >= 0.3 is 0 Å². The predicted molar refractivity (Wildman–Crippen MR) is 90.2 cm³/mol. The molecule has 1 aromatic heterocycles. The Morgan fingerprint density at radius 2 is 2.04 bits per heavy atom. The molecule has 4 heteroatoms. The van der Waals surface area contributed by atoms with Crippen molar-refractivity contribution in [3.8, 4) is 0 Å². The summed E-state index contributed by atoms with van der Waals surface area (Å²) in [5, 5.41) is 9.92. The summed E-state index contributed by atoms with van der Waals surface area (Å²) in [4.78, 5) is 5.21. The molecule has 1 spiro atoms. The third-order valence-corrected chi connectivity index (χ3v) is 6.68. The molecule has 3 aliphatic rings. The Balaban J connectivity index is 1.37. The summed E-state index contributed by atoms with van der Waals surface area (Å²) < 4.78 is 5.73. The van der Waals surface area contributed by atoms with Crippen LogP contribution in [0.4, 0.5) is 0 Å². The van der Waals surface area contributed by atoms with Crippen LogP contribution in [0.25, 0.3) is 0 Å². The summed E-state index contributed by atoms with van der Waals surface area (Å²) >= 11 is 0. The number of hydrogen-bond acceptors (Lipinski definition) is 4. The molecule has 2 aliphatic heterocycles. The van der Waals surface area contributed by atoms with Crippen molar-refractivity contribution in [1.29, 1.82) is 0 Å². The van der Waals surface area contributed by atoms with Gasteiger partial charge in [-0.25, -0.2) is 0 Å². The third kappa shape index (κ3) is 2.97. The fourth-order valence-electron chi connectivity index (χ4n) is 4.87. The quantitative estimate of drug-likeness (QED) is 0.926. The van der Waals surface area contributed by atoms with Crippen LogP contribution in [0.5, 0.6) is 0 Å². The van der Waals surface area contributed by atoms with Crippen molar-refractivity contribution in [2.45, 2.75) is 51.6 Å². The first-order valence-corrected chi connectivity index (χ1v) is 9.31. The van der Waals surface area contributed by atoms with Crippen molar-refractivity contribution in [1.82, 2.24) is 9.80 Å². The van der Waals surface area contributed by atoms with Crippen molar-refractivity contribution in [3.05, 3.63) is 23.7 Å². The Bertz CT molecular complexity index is 529. The zero-order valence-corrected chi connectivity index (χ0v) is 14.3. The van der Waals surface area contributed by atoms with E-state index >= 15 is 0 Å². The zero-order valence-electron chi connectivity index (χ0n) is 14.3. The van der Waals surface area contributed by atoms with E-state index in [0.29, 0.717) is 17.9 Å². The van der Waals surface area contributed by atoms with Crippen LogP contribution in [-0.2, 0) is 6.54 Å². The lowest BCUT2D eigenvalue weighted by atomic mass is 9.71. The maximum absolute atomic E-state index is 9.92. The van der Waals surface area contributed by atoms with Gasteiger partial charge in [0, 0.05) is 31.7 Å². The van der Waals surface area contributed by atoms with Gasteiger partial charge in [0.15, 0.2) is 0 Å². The molecule has 0 aromatic carbocycles. The maximum atomic E-state index is 9.92. The molecule has 3 fully saturated rings. The minimum Gasteiger partial charge on any atom is -0.465 e. The molecule has 0 bridgehead atoms. The van der Waals surface area contributed by atoms with E-state index in [0.717, 1.165) is 43.7 Å². The molecule has 128 valence electrons. The van der Waals surface area contributed by atoms with Crippen LogP contribution in [0.15, 0.2) is 16.5 Å². The molecule has 0 amide bonds. The smallest absolute Gasteiger partial charge is 0.118 e. The minimum absolute atomic E-state index is 0.361. The fraction of sp³-hybridized carbons (Fsp3) is 0.789. The number of furan rings is 1. The van der Waals surface area contributed by atoms with Crippen molar-refractivity contribution < 1.29 is 9.52 Å². The van der Waals surface area contributed by atoms with Crippen LogP contribution in [-0.4, -0.2) is 53.7 Å². The van der Waals surface area contributed by atoms with Gasteiger partial charge < -0.3 is 9.52 Å². The summed E-state index contributed by atoms with van der Waals surface area (Å²) in [6.45, 7) is 7.91. The lowest BCUT2D eigenvalue weighted by Gasteiger charge is -2.43. The van der Waals surface area contributed by atoms with Crippen LogP contribution < -0.4 is 0 Å². The lowest BCUT2D eigenvalue weighted by molar-refractivity contribution is 0.0429. The first-order valence-electron chi connectivity index (χ1n) is 9.31. The highest BCUT2D eigenvalue weighted by molar-refractivity contribution is 5.06. The van der Waals surface area contributed by atoms with E-state index in [-0.39, 0.29) is 0 Å². The number of hydrogen-bond donors (Lipinski definition) is 1. The lowest BCUT2D eigenvalue weighted by Crippen LogP contribution is -2.45. The molecule has 23 heavy (non-hydrogen) atoms. The largest absolute Gasteiger partial charge is 0.465 e. The Hall–Kier alpha value is -0.840. The highest BCUT2D eigenvalue weighted by Crippen LogP contribution is 2.46. The molecule has 2 saturated heterocycles. The summed E-state index contributed by atoms with van der Waals surface area (Å²) in [6, 6.07) is 4.97. The molecule has 0 radical (unpaired) electrons. The number of aliphatic hydroxyl groups is 1. The molecule has 1 atom stereocenters. The van der Waals surface area contributed by atoms with Gasteiger partial charge in [-0.2, -0.15) is 0 Å². The second-order valence-electron chi connectivity index (χ2n) is 8.04. The number of likely N-dealkylation sites (tertiary alicyclic amines) is 2. The summed E-state index contributed by atoms with van der Waals surface area (Å²) in [7, 11) is 0. The van der Waals surface area contributed by atoms with Crippen LogP contribution in [0.3, 0.4) is 0 Å². The van der Waals surface area contributed by atoms with Gasteiger partial charge in [0.2, 0.25) is 0 Å². The third-order valence-electron chi connectivity index (χ3n) is 6.68. The van der Waals surface area contributed by atoms with Gasteiger partial charge in [-0.3, -0.25) is 9.80 Å². The Kier molecular flexibility index (Phi) is 4.24. The van der Waals surface area contributed by atoms with Crippen LogP contribution in [0.2, 0.25) is 0 Å². The summed E-state index contributed by atoms with van der Waals surface area (Å²) in [6.07, 6.45) is 6.59. The molecular formula is C19H30N2O2.